The lowest BCUT2D eigenvalue weighted by atomic mass is 10.1. The van der Waals surface area contributed by atoms with Crippen molar-refractivity contribution in [2.75, 3.05) is 13.2 Å². The van der Waals surface area contributed by atoms with Gasteiger partial charge in [-0.2, -0.15) is 0 Å². The van der Waals surface area contributed by atoms with Crippen LogP contribution in [-0.4, -0.2) is 22.3 Å². The molecule has 0 saturated carbocycles. The molecule has 14 heteroatoms. The van der Waals surface area contributed by atoms with Crippen LogP contribution in [0.3, 0.4) is 0 Å². The van der Waals surface area contributed by atoms with Crippen LogP contribution in [0.5, 0.6) is 11.5 Å². The molecule has 49 heavy (non-hydrogen) atoms. The van der Waals surface area contributed by atoms with Crippen molar-refractivity contribution in [3.8, 4) is 22.9 Å². The van der Waals surface area contributed by atoms with E-state index in [9.17, 15) is 38.4 Å². The molecule has 0 unspecified atom stereocenters. The SMILES string of the molecule is O=c1oc(=O)c2cc3c(=O)n(-c4ccc(OCCCOc5ccc(-n6c(=O)c7cc8c(=O)oc(=O)c8cc7c6=O)cc5)cc4)c(=O)c3cc12. The van der Waals surface area contributed by atoms with Crippen LogP contribution in [0.25, 0.3) is 54.5 Å². The minimum absolute atomic E-state index is 0.00470. The van der Waals surface area contributed by atoms with Crippen molar-refractivity contribution in [1.82, 2.24) is 9.13 Å². The van der Waals surface area contributed by atoms with Gasteiger partial charge in [-0.3, -0.25) is 19.2 Å². The number of furan rings is 2. The minimum atomic E-state index is -0.868. The molecule has 8 rings (SSSR count). The van der Waals surface area contributed by atoms with Crippen LogP contribution in [0, 0.1) is 0 Å². The van der Waals surface area contributed by atoms with Crippen molar-refractivity contribution in [2.24, 2.45) is 0 Å². The van der Waals surface area contributed by atoms with E-state index >= 15 is 0 Å². The molecule has 8 aromatic rings. The highest BCUT2D eigenvalue weighted by molar-refractivity contribution is 5.98. The Morgan fingerprint density at radius 3 is 0.980 bits per heavy atom. The molecule has 240 valence electrons. The zero-order valence-electron chi connectivity index (χ0n) is 24.8. The number of hydrogen-bond acceptors (Lipinski definition) is 12. The number of benzene rings is 4. The first-order valence-electron chi connectivity index (χ1n) is 14.7. The summed E-state index contributed by atoms with van der Waals surface area (Å²) in [4.78, 5) is 99.6. The highest BCUT2D eigenvalue weighted by Crippen LogP contribution is 2.20. The van der Waals surface area contributed by atoms with E-state index in [-0.39, 0.29) is 67.7 Å². The van der Waals surface area contributed by atoms with Gasteiger partial charge in [-0.1, -0.05) is 0 Å². The Balaban J connectivity index is 0.908. The average Bonchev–Trinajstić information content (AvgIpc) is 3.72. The molecule has 4 aromatic carbocycles. The molecule has 0 aliphatic carbocycles. The molecule has 0 aliphatic heterocycles. The molecule has 4 aromatic heterocycles. The molecule has 0 fully saturated rings. The highest BCUT2D eigenvalue weighted by atomic mass is 16.5. The molecule has 0 amide bonds. The second-order valence-corrected chi connectivity index (χ2v) is 11.2. The van der Waals surface area contributed by atoms with E-state index in [4.69, 9.17) is 9.47 Å². The van der Waals surface area contributed by atoms with Gasteiger partial charge in [-0.05, 0) is 72.8 Å². The smallest absolute Gasteiger partial charge is 0.346 e. The Morgan fingerprint density at radius 2 is 0.694 bits per heavy atom. The van der Waals surface area contributed by atoms with Gasteiger partial charge >= 0.3 is 22.5 Å². The maximum Gasteiger partial charge on any atom is 0.346 e. The van der Waals surface area contributed by atoms with Crippen LogP contribution in [0.2, 0.25) is 0 Å². The van der Waals surface area contributed by atoms with Gasteiger partial charge in [0.05, 0.1) is 67.7 Å². The second kappa shape index (κ2) is 10.8. The molecule has 0 aliphatic rings. The van der Waals surface area contributed by atoms with E-state index in [0.717, 1.165) is 9.13 Å². The maximum absolute atomic E-state index is 13.0. The van der Waals surface area contributed by atoms with E-state index in [0.29, 0.717) is 17.9 Å². The quantitative estimate of drug-likeness (QED) is 0.214. The second-order valence-electron chi connectivity index (χ2n) is 11.2. The highest BCUT2D eigenvalue weighted by Gasteiger charge is 2.20. The predicted molar refractivity (Wildman–Crippen MR) is 177 cm³/mol. The molecule has 0 spiro atoms. The number of fused-ring (bicyclic) bond motifs is 4. The number of aromatic nitrogens is 2. The third-order valence-corrected chi connectivity index (χ3v) is 8.32. The summed E-state index contributed by atoms with van der Waals surface area (Å²) in [7, 11) is 0. The zero-order chi connectivity index (χ0) is 34.1. The first-order valence-corrected chi connectivity index (χ1v) is 14.7. The Morgan fingerprint density at radius 1 is 0.408 bits per heavy atom. The van der Waals surface area contributed by atoms with E-state index in [1.54, 1.807) is 24.3 Å². The van der Waals surface area contributed by atoms with Gasteiger partial charge in [0, 0.05) is 6.42 Å². The van der Waals surface area contributed by atoms with E-state index in [1.165, 1.54) is 48.5 Å². The third kappa shape index (κ3) is 4.57. The Bertz CT molecular complexity index is 2710. The van der Waals surface area contributed by atoms with E-state index in [1.807, 2.05) is 0 Å². The molecule has 0 saturated heterocycles. The van der Waals surface area contributed by atoms with Crippen LogP contribution in [-0.2, 0) is 0 Å². The number of rotatable bonds is 8. The molecule has 0 atom stereocenters. The molecular formula is C35H18N2O12. The molecule has 0 bridgehead atoms. The van der Waals surface area contributed by atoms with Crippen molar-refractivity contribution in [1.29, 1.82) is 0 Å². The molecule has 0 N–H and O–H groups in total. The third-order valence-electron chi connectivity index (χ3n) is 8.32. The number of hydrogen-bond donors (Lipinski definition) is 0. The Kier molecular flexibility index (Phi) is 6.49. The fourth-order valence-electron chi connectivity index (χ4n) is 5.93. The van der Waals surface area contributed by atoms with Crippen molar-refractivity contribution < 1.29 is 18.3 Å². The monoisotopic (exact) mass is 658 g/mol. The summed E-state index contributed by atoms with van der Waals surface area (Å²) >= 11 is 0. The summed E-state index contributed by atoms with van der Waals surface area (Å²) in [5.41, 5.74) is -5.44. The average molecular weight is 659 g/mol. The van der Waals surface area contributed by atoms with Crippen LogP contribution in [0.4, 0.5) is 0 Å². The summed E-state index contributed by atoms with van der Waals surface area (Å²) in [5, 5.41) is -0.212. The molecular weight excluding hydrogens is 640 g/mol. The first kappa shape index (κ1) is 29.4. The number of nitrogens with zero attached hydrogens (tertiary/aromatic N) is 2. The van der Waals surface area contributed by atoms with Crippen LogP contribution >= 0.6 is 0 Å². The largest absolute Gasteiger partial charge is 0.493 e. The van der Waals surface area contributed by atoms with E-state index in [2.05, 4.69) is 8.83 Å². The first-order chi connectivity index (χ1) is 23.6. The van der Waals surface area contributed by atoms with Gasteiger partial charge in [0.2, 0.25) is 0 Å². The number of ether oxygens (including phenoxy) is 2. The summed E-state index contributed by atoms with van der Waals surface area (Å²) in [6.45, 7) is 0.546. The van der Waals surface area contributed by atoms with Gasteiger partial charge in [0.15, 0.2) is 0 Å². The normalized spacial score (nSPS) is 11.8. The molecule has 14 nitrogen and oxygen atoms in total. The summed E-state index contributed by atoms with van der Waals surface area (Å²) in [5.74, 6) is 0.953. The zero-order valence-corrected chi connectivity index (χ0v) is 24.8. The minimum Gasteiger partial charge on any atom is -0.493 e. The Hall–Kier alpha value is -6.96. The molecule has 4 heterocycles. The van der Waals surface area contributed by atoms with Gasteiger partial charge in [0.25, 0.3) is 22.2 Å². The lowest BCUT2D eigenvalue weighted by Crippen LogP contribution is -2.23. The van der Waals surface area contributed by atoms with Crippen molar-refractivity contribution >= 4 is 43.1 Å². The van der Waals surface area contributed by atoms with Crippen molar-refractivity contribution in [3.63, 3.8) is 0 Å². The van der Waals surface area contributed by atoms with Crippen molar-refractivity contribution in [2.45, 2.75) is 6.42 Å². The van der Waals surface area contributed by atoms with Gasteiger partial charge < -0.3 is 18.3 Å². The van der Waals surface area contributed by atoms with E-state index < -0.39 is 44.7 Å². The standard InChI is InChI=1S/C35H18N2O12/c38-28-20-12-24-25(33(43)48-32(24)42)13-21(20)29(39)36(28)16-2-6-18(7-3-16)46-10-1-11-47-19-8-4-17(5-9-19)37-30(40)22-14-26-27(15-23(22)31(37)41)35(45)49-34(26)44/h2-9,12-15H,1,10-11H2. The van der Waals surface area contributed by atoms with Crippen LogP contribution in [0.15, 0.2) is 120 Å². The summed E-state index contributed by atoms with van der Waals surface area (Å²) in [6, 6.07) is 17.3. The Labute approximate surface area is 268 Å². The topological polar surface area (TPSA) is 191 Å². The van der Waals surface area contributed by atoms with Gasteiger partial charge in [-0.15, -0.1) is 0 Å². The molecule has 0 radical (unpaired) electrons. The predicted octanol–water partition coefficient (Wildman–Crippen LogP) is 1.55. The van der Waals surface area contributed by atoms with Gasteiger partial charge in [-0.25, -0.2) is 28.3 Å². The van der Waals surface area contributed by atoms with Crippen LogP contribution < -0.4 is 54.2 Å². The maximum atomic E-state index is 13.0. The fraction of sp³-hybridized carbons (Fsp3) is 0.0857. The van der Waals surface area contributed by atoms with Crippen LogP contribution in [0.1, 0.15) is 6.42 Å². The lowest BCUT2D eigenvalue weighted by molar-refractivity contribution is 0.247. The summed E-state index contributed by atoms with van der Waals surface area (Å²) in [6.07, 6.45) is 0.484. The summed E-state index contributed by atoms with van der Waals surface area (Å²) < 4.78 is 22.5. The van der Waals surface area contributed by atoms with Crippen molar-refractivity contribution in [3.05, 3.63) is 156 Å². The lowest BCUT2D eigenvalue weighted by Gasteiger charge is -2.09. The fourth-order valence-corrected chi connectivity index (χ4v) is 5.93. The van der Waals surface area contributed by atoms with Gasteiger partial charge in [0.1, 0.15) is 11.5 Å².